The van der Waals surface area contributed by atoms with Gasteiger partial charge in [0.05, 0.1) is 17.2 Å². The minimum atomic E-state index is -0.258. The summed E-state index contributed by atoms with van der Waals surface area (Å²) < 4.78 is 5.97. The number of nitrogens with zero attached hydrogens (tertiary/aromatic N) is 1. The molecule has 2 rings (SSSR count). The van der Waals surface area contributed by atoms with Crippen molar-refractivity contribution in [3.8, 4) is 0 Å². The molecule has 0 saturated carbocycles. The fourth-order valence-electron chi connectivity index (χ4n) is 2.77. The molecule has 1 heterocycles. The first-order valence-electron chi connectivity index (χ1n) is 7.80. The van der Waals surface area contributed by atoms with Crippen LogP contribution in [-0.4, -0.2) is 23.7 Å². The van der Waals surface area contributed by atoms with E-state index in [-0.39, 0.29) is 11.6 Å². The van der Waals surface area contributed by atoms with E-state index in [4.69, 9.17) is 4.74 Å². The molecule has 21 heavy (non-hydrogen) atoms. The smallest absolute Gasteiger partial charge is 0.0820 e. The first kappa shape index (κ1) is 15.9. The number of fused-ring (bicyclic) bond motifs is 1. The van der Waals surface area contributed by atoms with E-state index in [1.165, 1.54) is 10.9 Å². The summed E-state index contributed by atoms with van der Waals surface area (Å²) in [4.78, 5) is 4.46. The maximum Gasteiger partial charge on any atom is 0.0820 e. The Kier molecular flexibility index (Phi) is 5.32. The molecule has 114 valence electrons. The van der Waals surface area contributed by atoms with Gasteiger partial charge in [-0.05, 0) is 51.4 Å². The summed E-state index contributed by atoms with van der Waals surface area (Å²) in [6.45, 7) is 10.2. The zero-order valence-electron chi connectivity index (χ0n) is 13.5. The molecule has 0 aliphatic heterocycles. The minimum absolute atomic E-state index is 0.156. The van der Waals surface area contributed by atoms with E-state index in [2.05, 4.69) is 55.3 Å². The van der Waals surface area contributed by atoms with Gasteiger partial charge in [0.15, 0.2) is 0 Å². The Bertz CT molecular complexity index is 580. The standard InChI is InChI=1S/C18H26N2O/c1-5-11-20-17(18(3,4)21-6-2)15-10-9-14-8-7-12-19-16(14)13-15/h7-10,12-13,17,20H,5-6,11H2,1-4H3. The molecule has 1 aromatic heterocycles. The second kappa shape index (κ2) is 7.01. The number of hydrogen-bond acceptors (Lipinski definition) is 3. The Morgan fingerprint density at radius 1 is 1.24 bits per heavy atom. The fourth-order valence-corrected chi connectivity index (χ4v) is 2.77. The van der Waals surface area contributed by atoms with Gasteiger partial charge in [0.1, 0.15) is 0 Å². The van der Waals surface area contributed by atoms with Crippen molar-refractivity contribution < 1.29 is 4.74 Å². The maximum atomic E-state index is 5.97. The summed E-state index contributed by atoms with van der Waals surface area (Å²) in [5.41, 5.74) is 2.01. The Labute approximate surface area is 127 Å². The lowest BCUT2D eigenvalue weighted by atomic mass is 9.90. The summed E-state index contributed by atoms with van der Waals surface area (Å²) in [7, 11) is 0. The molecule has 1 atom stereocenters. The van der Waals surface area contributed by atoms with E-state index in [1.54, 1.807) is 0 Å². The summed E-state index contributed by atoms with van der Waals surface area (Å²) in [6, 6.07) is 10.7. The van der Waals surface area contributed by atoms with Crippen molar-refractivity contribution >= 4 is 10.9 Å². The van der Waals surface area contributed by atoms with Crippen LogP contribution in [0.4, 0.5) is 0 Å². The van der Waals surface area contributed by atoms with Crippen molar-refractivity contribution in [2.45, 2.75) is 45.8 Å². The predicted molar refractivity (Wildman–Crippen MR) is 88.5 cm³/mol. The normalized spacial score (nSPS) is 13.5. The molecule has 0 bridgehead atoms. The summed E-state index contributed by atoms with van der Waals surface area (Å²) in [5.74, 6) is 0. The molecule has 0 radical (unpaired) electrons. The average molecular weight is 286 g/mol. The Morgan fingerprint density at radius 2 is 2.05 bits per heavy atom. The average Bonchev–Trinajstić information content (AvgIpc) is 2.47. The highest BCUT2D eigenvalue weighted by Crippen LogP contribution is 2.30. The van der Waals surface area contributed by atoms with Crippen molar-refractivity contribution in [3.05, 3.63) is 42.1 Å². The van der Waals surface area contributed by atoms with E-state index in [0.717, 1.165) is 18.5 Å². The van der Waals surface area contributed by atoms with Gasteiger partial charge in [0.25, 0.3) is 0 Å². The molecule has 1 unspecified atom stereocenters. The van der Waals surface area contributed by atoms with Crippen molar-refractivity contribution in [1.82, 2.24) is 10.3 Å². The van der Waals surface area contributed by atoms with Crippen LogP contribution >= 0.6 is 0 Å². The molecule has 1 N–H and O–H groups in total. The lowest BCUT2D eigenvalue weighted by Crippen LogP contribution is -2.42. The van der Waals surface area contributed by atoms with Crippen LogP contribution in [0.2, 0.25) is 0 Å². The molecule has 3 heteroatoms. The van der Waals surface area contributed by atoms with Gasteiger partial charge in [-0.1, -0.05) is 25.1 Å². The quantitative estimate of drug-likeness (QED) is 0.832. The van der Waals surface area contributed by atoms with Crippen LogP contribution in [0.1, 0.15) is 45.7 Å². The molecule has 2 aromatic rings. The van der Waals surface area contributed by atoms with Gasteiger partial charge in [-0.2, -0.15) is 0 Å². The lowest BCUT2D eigenvalue weighted by molar-refractivity contribution is -0.0391. The molecule has 0 saturated heterocycles. The van der Waals surface area contributed by atoms with Gasteiger partial charge in [-0.15, -0.1) is 0 Å². The number of rotatable bonds is 7. The highest BCUT2D eigenvalue weighted by atomic mass is 16.5. The highest BCUT2D eigenvalue weighted by Gasteiger charge is 2.31. The van der Waals surface area contributed by atoms with E-state index >= 15 is 0 Å². The summed E-state index contributed by atoms with van der Waals surface area (Å²) in [6.07, 6.45) is 2.94. The summed E-state index contributed by atoms with van der Waals surface area (Å²) >= 11 is 0. The number of ether oxygens (including phenoxy) is 1. The van der Waals surface area contributed by atoms with Gasteiger partial charge < -0.3 is 10.1 Å². The van der Waals surface area contributed by atoms with Crippen molar-refractivity contribution in [3.63, 3.8) is 0 Å². The highest BCUT2D eigenvalue weighted by molar-refractivity contribution is 5.79. The van der Waals surface area contributed by atoms with Crippen LogP contribution in [-0.2, 0) is 4.74 Å². The number of nitrogens with one attached hydrogen (secondary N) is 1. The zero-order valence-corrected chi connectivity index (χ0v) is 13.5. The Balaban J connectivity index is 2.37. The zero-order chi connectivity index (χ0) is 15.3. The first-order valence-corrected chi connectivity index (χ1v) is 7.80. The van der Waals surface area contributed by atoms with Crippen molar-refractivity contribution in [2.24, 2.45) is 0 Å². The number of pyridine rings is 1. The molecule has 0 spiro atoms. The van der Waals surface area contributed by atoms with Crippen LogP contribution in [0.25, 0.3) is 10.9 Å². The molecule has 3 nitrogen and oxygen atoms in total. The molecular formula is C18H26N2O. The lowest BCUT2D eigenvalue weighted by Gasteiger charge is -2.35. The van der Waals surface area contributed by atoms with E-state index < -0.39 is 0 Å². The van der Waals surface area contributed by atoms with E-state index in [1.807, 2.05) is 19.2 Å². The minimum Gasteiger partial charge on any atom is -0.374 e. The monoisotopic (exact) mass is 286 g/mol. The number of benzene rings is 1. The number of hydrogen-bond donors (Lipinski definition) is 1. The largest absolute Gasteiger partial charge is 0.374 e. The fraction of sp³-hybridized carbons (Fsp3) is 0.500. The van der Waals surface area contributed by atoms with Crippen LogP contribution in [0.5, 0.6) is 0 Å². The number of aromatic nitrogens is 1. The van der Waals surface area contributed by atoms with Crippen LogP contribution in [0, 0.1) is 0 Å². The SMILES string of the molecule is CCCNC(c1ccc2cccnc2c1)C(C)(C)OCC. The molecular weight excluding hydrogens is 260 g/mol. The Morgan fingerprint density at radius 3 is 2.76 bits per heavy atom. The van der Waals surface area contributed by atoms with E-state index in [0.29, 0.717) is 6.61 Å². The van der Waals surface area contributed by atoms with Crippen molar-refractivity contribution in [2.75, 3.05) is 13.2 Å². The molecule has 0 fully saturated rings. The van der Waals surface area contributed by atoms with Gasteiger partial charge in [-0.25, -0.2) is 0 Å². The predicted octanol–water partition coefficient (Wildman–Crippen LogP) is 4.09. The van der Waals surface area contributed by atoms with Crippen LogP contribution < -0.4 is 5.32 Å². The van der Waals surface area contributed by atoms with Crippen LogP contribution in [0.15, 0.2) is 36.5 Å². The molecule has 0 aliphatic rings. The van der Waals surface area contributed by atoms with Crippen LogP contribution in [0.3, 0.4) is 0 Å². The van der Waals surface area contributed by atoms with E-state index in [9.17, 15) is 0 Å². The maximum absolute atomic E-state index is 5.97. The third kappa shape index (κ3) is 3.80. The second-order valence-corrected chi connectivity index (χ2v) is 5.88. The third-order valence-electron chi connectivity index (χ3n) is 3.77. The third-order valence-corrected chi connectivity index (χ3v) is 3.77. The molecule has 1 aromatic carbocycles. The molecule has 0 amide bonds. The van der Waals surface area contributed by atoms with Crippen molar-refractivity contribution in [1.29, 1.82) is 0 Å². The first-order chi connectivity index (χ1) is 10.1. The summed E-state index contributed by atoms with van der Waals surface area (Å²) in [5, 5.41) is 4.79. The topological polar surface area (TPSA) is 34.2 Å². The van der Waals surface area contributed by atoms with Gasteiger partial charge in [0, 0.05) is 18.2 Å². The van der Waals surface area contributed by atoms with Gasteiger partial charge >= 0.3 is 0 Å². The van der Waals surface area contributed by atoms with Gasteiger partial charge in [-0.3, -0.25) is 4.98 Å². The Hall–Kier alpha value is -1.45. The molecule has 0 aliphatic carbocycles. The van der Waals surface area contributed by atoms with Gasteiger partial charge in [0.2, 0.25) is 0 Å². The second-order valence-electron chi connectivity index (χ2n) is 5.88.